The van der Waals surface area contributed by atoms with Crippen LogP contribution in [0.2, 0.25) is 0 Å². The van der Waals surface area contributed by atoms with Gasteiger partial charge in [0.2, 0.25) is 0 Å². The summed E-state index contributed by atoms with van der Waals surface area (Å²) in [6.07, 6.45) is 5.18. The third kappa shape index (κ3) is 5.53. The smallest absolute Gasteiger partial charge is 0.307 e. The van der Waals surface area contributed by atoms with Crippen molar-refractivity contribution in [2.75, 3.05) is 32.6 Å². The second kappa shape index (κ2) is 11.1. The molecule has 2 heterocycles. The Balaban J connectivity index is 1.53. The topological polar surface area (TPSA) is 98.1 Å². The number of halogens is 1. The van der Waals surface area contributed by atoms with Crippen LogP contribution >= 0.6 is 0 Å². The van der Waals surface area contributed by atoms with Gasteiger partial charge in [-0.3, -0.25) is 14.0 Å². The second-order valence-electron chi connectivity index (χ2n) is 8.40. The maximum absolute atomic E-state index is 14.3. The highest BCUT2D eigenvalue weighted by Crippen LogP contribution is 2.29. The summed E-state index contributed by atoms with van der Waals surface area (Å²) in [6, 6.07) is 10.1. The van der Waals surface area contributed by atoms with E-state index in [9.17, 15) is 14.0 Å². The van der Waals surface area contributed by atoms with E-state index in [1.165, 1.54) is 18.1 Å². The quantitative estimate of drug-likeness (QED) is 0.332. The van der Waals surface area contributed by atoms with Crippen LogP contribution in [0, 0.1) is 12.7 Å². The number of amides is 1. The molecule has 1 amide bonds. The Labute approximate surface area is 213 Å². The molecule has 4 aromatic rings. The van der Waals surface area contributed by atoms with Crippen molar-refractivity contribution in [2.24, 2.45) is 0 Å². The molecule has 2 aromatic heterocycles. The number of anilines is 2. The van der Waals surface area contributed by atoms with Gasteiger partial charge in [-0.15, -0.1) is 0 Å². The molecule has 0 aliphatic heterocycles. The fraction of sp³-hybridized carbons (Fsp3) is 0.259. The fourth-order valence-electron chi connectivity index (χ4n) is 3.96. The molecule has 0 saturated carbocycles. The molecule has 2 aromatic carbocycles. The molecule has 4 rings (SSSR count). The van der Waals surface area contributed by atoms with Crippen LogP contribution in [0.5, 0.6) is 5.75 Å². The van der Waals surface area contributed by atoms with Crippen molar-refractivity contribution in [3.63, 3.8) is 0 Å². The molecule has 0 aliphatic carbocycles. The van der Waals surface area contributed by atoms with Crippen molar-refractivity contribution in [3.8, 4) is 17.0 Å². The number of carbonyl (C=O) groups excluding carboxylic acids is 2. The van der Waals surface area contributed by atoms with Gasteiger partial charge in [0.1, 0.15) is 0 Å². The lowest BCUT2D eigenvalue weighted by Crippen LogP contribution is -2.30. The molecule has 192 valence electrons. The number of esters is 1. The van der Waals surface area contributed by atoms with Gasteiger partial charge in [-0.05, 0) is 55.8 Å². The van der Waals surface area contributed by atoms with Gasteiger partial charge < -0.3 is 19.7 Å². The van der Waals surface area contributed by atoms with Crippen LogP contribution in [-0.4, -0.2) is 58.5 Å². The van der Waals surface area contributed by atoms with Crippen LogP contribution in [-0.2, 0) is 9.53 Å². The molecule has 0 fully saturated rings. The van der Waals surface area contributed by atoms with Crippen molar-refractivity contribution >= 4 is 29.0 Å². The molecule has 37 heavy (non-hydrogen) atoms. The summed E-state index contributed by atoms with van der Waals surface area (Å²) in [7, 11) is 3.08. The van der Waals surface area contributed by atoms with Gasteiger partial charge in [-0.25, -0.2) is 14.4 Å². The first-order valence-electron chi connectivity index (χ1n) is 11.8. The molecule has 0 unspecified atom stereocenters. The van der Waals surface area contributed by atoms with Crippen LogP contribution in [0.4, 0.5) is 15.9 Å². The van der Waals surface area contributed by atoms with Crippen LogP contribution in [0.1, 0.15) is 29.3 Å². The Morgan fingerprint density at radius 2 is 1.97 bits per heavy atom. The normalized spacial score (nSPS) is 10.8. The average Bonchev–Trinajstić information content (AvgIpc) is 3.32. The summed E-state index contributed by atoms with van der Waals surface area (Å²) in [5, 5.41) is 3.26. The standard InChI is InChI=1S/C27H28FN5O4/c1-5-37-24(34)10-12-32(3)27(35)20-8-7-19(14-17(20)2)31-25-26-30-16-22(33(26)13-11-29-25)18-6-9-23(36-4)21(28)15-18/h6-9,11,13-16H,5,10,12H2,1-4H3,(H,29,31). The molecule has 9 nitrogen and oxygen atoms in total. The van der Waals surface area contributed by atoms with E-state index in [4.69, 9.17) is 9.47 Å². The lowest BCUT2D eigenvalue weighted by atomic mass is 10.1. The van der Waals surface area contributed by atoms with Crippen molar-refractivity contribution in [2.45, 2.75) is 20.3 Å². The molecule has 0 atom stereocenters. The highest BCUT2D eigenvalue weighted by Gasteiger charge is 2.17. The van der Waals surface area contributed by atoms with Gasteiger partial charge in [0.05, 0.1) is 32.0 Å². The third-order valence-electron chi connectivity index (χ3n) is 5.90. The number of nitrogens with zero attached hydrogens (tertiary/aromatic N) is 4. The molecule has 0 spiro atoms. The number of carbonyl (C=O) groups is 2. The van der Waals surface area contributed by atoms with E-state index in [1.807, 2.05) is 17.4 Å². The molecule has 1 N–H and O–H groups in total. The number of hydrogen-bond acceptors (Lipinski definition) is 7. The van der Waals surface area contributed by atoms with Gasteiger partial charge in [-0.2, -0.15) is 0 Å². The number of aromatic nitrogens is 3. The van der Waals surface area contributed by atoms with Crippen molar-refractivity contribution < 1.29 is 23.5 Å². The number of methoxy groups -OCH3 is 1. The number of fused-ring (bicyclic) bond motifs is 1. The van der Waals surface area contributed by atoms with Gasteiger partial charge in [-0.1, -0.05) is 0 Å². The first-order valence-corrected chi connectivity index (χ1v) is 11.8. The zero-order valence-corrected chi connectivity index (χ0v) is 21.1. The van der Waals surface area contributed by atoms with E-state index in [0.717, 1.165) is 11.3 Å². The first-order chi connectivity index (χ1) is 17.8. The molecule has 0 aliphatic rings. The van der Waals surface area contributed by atoms with Crippen LogP contribution < -0.4 is 10.1 Å². The molecule has 0 saturated heterocycles. The van der Waals surface area contributed by atoms with Crippen molar-refractivity contribution in [3.05, 3.63) is 71.9 Å². The highest BCUT2D eigenvalue weighted by atomic mass is 19.1. The predicted octanol–water partition coefficient (Wildman–Crippen LogP) is 4.62. The van der Waals surface area contributed by atoms with Crippen LogP contribution in [0.25, 0.3) is 16.9 Å². The summed E-state index contributed by atoms with van der Waals surface area (Å²) >= 11 is 0. The molecule has 0 radical (unpaired) electrons. The minimum atomic E-state index is -0.459. The maximum atomic E-state index is 14.3. The summed E-state index contributed by atoms with van der Waals surface area (Å²) < 4.78 is 26.0. The number of nitrogens with one attached hydrogen (secondary N) is 1. The number of aryl methyl sites for hydroxylation is 1. The van der Waals surface area contributed by atoms with E-state index in [2.05, 4.69) is 15.3 Å². The monoisotopic (exact) mass is 505 g/mol. The van der Waals surface area contributed by atoms with E-state index < -0.39 is 5.82 Å². The largest absolute Gasteiger partial charge is 0.494 e. The molecule has 10 heteroatoms. The zero-order valence-electron chi connectivity index (χ0n) is 21.1. The predicted molar refractivity (Wildman–Crippen MR) is 138 cm³/mol. The lowest BCUT2D eigenvalue weighted by molar-refractivity contribution is -0.143. The highest BCUT2D eigenvalue weighted by molar-refractivity contribution is 5.96. The zero-order chi connectivity index (χ0) is 26.5. The summed E-state index contributed by atoms with van der Waals surface area (Å²) in [6.45, 7) is 4.17. The lowest BCUT2D eigenvalue weighted by Gasteiger charge is -2.18. The Hall–Kier alpha value is -4.47. The van der Waals surface area contributed by atoms with Gasteiger partial charge >= 0.3 is 5.97 Å². The summed E-state index contributed by atoms with van der Waals surface area (Å²) in [5.74, 6) is -0.298. The Kier molecular flexibility index (Phi) is 7.66. The number of hydrogen-bond donors (Lipinski definition) is 1. The van der Waals surface area contributed by atoms with Gasteiger partial charge in [0.15, 0.2) is 23.0 Å². The molecular weight excluding hydrogens is 477 g/mol. The Bertz CT molecular complexity index is 1450. The summed E-state index contributed by atoms with van der Waals surface area (Å²) in [4.78, 5) is 34.9. The molecule has 0 bridgehead atoms. The van der Waals surface area contributed by atoms with E-state index in [1.54, 1.807) is 56.8 Å². The van der Waals surface area contributed by atoms with E-state index in [0.29, 0.717) is 34.9 Å². The van der Waals surface area contributed by atoms with Crippen molar-refractivity contribution in [1.82, 2.24) is 19.3 Å². The van der Waals surface area contributed by atoms with Crippen molar-refractivity contribution in [1.29, 1.82) is 0 Å². The molecular formula is C27H28FN5O4. The first kappa shape index (κ1) is 25.6. The third-order valence-corrected chi connectivity index (χ3v) is 5.90. The number of ether oxygens (including phenoxy) is 2. The minimum Gasteiger partial charge on any atom is -0.494 e. The number of benzene rings is 2. The van der Waals surface area contributed by atoms with Crippen LogP contribution in [0.15, 0.2) is 55.0 Å². The maximum Gasteiger partial charge on any atom is 0.307 e. The second-order valence-corrected chi connectivity index (χ2v) is 8.40. The number of imidazole rings is 1. The van der Waals surface area contributed by atoms with Gasteiger partial charge in [0, 0.05) is 42.8 Å². The Morgan fingerprint density at radius 3 is 2.68 bits per heavy atom. The SMILES string of the molecule is CCOC(=O)CCN(C)C(=O)c1ccc(Nc2nccn3c(-c4ccc(OC)c(F)c4)cnc23)cc1C. The van der Waals surface area contributed by atoms with E-state index in [-0.39, 0.29) is 30.6 Å². The average molecular weight is 506 g/mol. The Morgan fingerprint density at radius 1 is 1.16 bits per heavy atom. The van der Waals surface area contributed by atoms with E-state index >= 15 is 0 Å². The van der Waals surface area contributed by atoms with Gasteiger partial charge in [0.25, 0.3) is 5.91 Å². The minimum absolute atomic E-state index is 0.139. The van der Waals surface area contributed by atoms with Crippen LogP contribution in [0.3, 0.4) is 0 Å². The summed E-state index contributed by atoms with van der Waals surface area (Å²) in [5.41, 5.74) is 3.93. The fourth-order valence-corrected chi connectivity index (χ4v) is 3.96. The number of rotatable bonds is 9.